The van der Waals surface area contributed by atoms with E-state index in [1.165, 1.54) is 19.3 Å². The van der Waals surface area contributed by atoms with Gasteiger partial charge in [0.1, 0.15) is 0 Å². The zero-order valence-electron chi connectivity index (χ0n) is 11.0. The molecule has 100 valence electrons. The molecular formula is C12H26N4O. The van der Waals surface area contributed by atoms with Gasteiger partial charge >= 0.3 is 0 Å². The van der Waals surface area contributed by atoms with Crippen molar-refractivity contribution in [2.24, 2.45) is 16.8 Å². The predicted octanol–water partition coefficient (Wildman–Crippen LogP) is 1.01. The molecular weight excluding hydrogens is 216 g/mol. The van der Waals surface area contributed by atoms with Crippen LogP contribution in [0.3, 0.4) is 0 Å². The van der Waals surface area contributed by atoms with Crippen molar-refractivity contribution in [2.75, 3.05) is 20.3 Å². The SMILES string of the molecule is CCC(CC1CC1)NC(=NCCCOC)NN. The van der Waals surface area contributed by atoms with Gasteiger partial charge in [0, 0.05) is 26.3 Å². The number of ether oxygens (including phenoxy) is 1. The zero-order valence-corrected chi connectivity index (χ0v) is 11.0. The van der Waals surface area contributed by atoms with Gasteiger partial charge in [0.25, 0.3) is 0 Å². The molecule has 1 atom stereocenters. The summed E-state index contributed by atoms with van der Waals surface area (Å²) in [6.07, 6.45) is 6.02. The van der Waals surface area contributed by atoms with Crippen molar-refractivity contribution in [1.82, 2.24) is 10.7 Å². The van der Waals surface area contributed by atoms with Crippen LogP contribution in [0.5, 0.6) is 0 Å². The van der Waals surface area contributed by atoms with Gasteiger partial charge in [-0.25, -0.2) is 5.84 Å². The highest BCUT2D eigenvalue weighted by Gasteiger charge is 2.24. The number of nitrogens with two attached hydrogens (primary N) is 1. The second-order valence-electron chi connectivity index (χ2n) is 4.65. The monoisotopic (exact) mass is 242 g/mol. The van der Waals surface area contributed by atoms with Crippen molar-refractivity contribution in [3.8, 4) is 0 Å². The molecule has 5 nitrogen and oxygen atoms in total. The van der Waals surface area contributed by atoms with Crippen molar-refractivity contribution < 1.29 is 4.74 Å². The Morgan fingerprint density at radius 1 is 1.53 bits per heavy atom. The fourth-order valence-corrected chi connectivity index (χ4v) is 1.81. The molecule has 1 rings (SSSR count). The number of hydrogen-bond acceptors (Lipinski definition) is 3. The lowest BCUT2D eigenvalue weighted by Crippen LogP contribution is -2.46. The number of methoxy groups -OCH3 is 1. The van der Waals surface area contributed by atoms with Crippen molar-refractivity contribution in [3.05, 3.63) is 0 Å². The van der Waals surface area contributed by atoms with Crippen LogP contribution in [0.1, 0.15) is 39.0 Å². The highest BCUT2D eigenvalue weighted by molar-refractivity contribution is 5.79. The van der Waals surface area contributed by atoms with E-state index < -0.39 is 0 Å². The van der Waals surface area contributed by atoms with Crippen molar-refractivity contribution in [1.29, 1.82) is 0 Å². The second-order valence-corrected chi connectivity index (χ2v) is 4.65. The van der Waals surface area contributed by atoms with Crippen LogP contribution in [0.2, 0.25) is 0 Å². The molecule has 17 heavy (non-hydrogen) atoms. The number of rotatable bonds is 8. The summed E-state index contributed by atoms with van der Waals surface area (Å²) in [4.78, 5) is 4.38. The number of nitrogens with one attached hydrogen (secondary N) is 2. The standard InChI is InChI=1S/C12H26N4O/c1-3-11(9-10-5-6-10)15-12(16-13)14-7-4-8-17-2/h10-11H,3-9,13H2,1-2H3,(H2,14,15,16). The molecule has 0 aromatic heterocycles. The Hall–Kier alpha value is -0.810. The van der Waals surface area contributed by atoms with E-state index in [0.29, 0.717) is 12.0 Å². The predicted molar refractivity (Wildman–Crippen MR) is 70.7 cm³/mol. The van der Waals surface area contributed by atoms with Gasteiger partial charge in [0.05, 0.1) is 0 Å². The Kier molecular flexibility index (Phi) is 6.96. The summed E-state index contributed by atoms with van der Waals surface area (Å²) in [6.45, 7) is 3.67. The summed E-state index contributed by atoms with van der Waals surface area (Å²) < 4.78 is 4.98. The topological polar surface area (TPSA) is 71.7 Å². The summed E-state index contributed by atoms with van der Waals surface area (Å²) >= 11 is 0. The Morgan fingerprint density at radius 3 is 2.82 bits per heavy atom. The molecule has 0 heterocycles. The first kappa shape index (κ1) is 14.3. The lowest BCUT2D eigenvalue weighted by molar-refractivity contribution is 0.197. The van der Waals surface area contributed by atoms with Crippen molar-refractivity contribution in [3.63, 3.8) is 0 Å². The van der Waals surface area contributed by atoms with E-state index in [2.05, 4.69) is 22.7 Å². The molecule has 1 aliphatic carbocycles. The van der Waals surface area contributed by atoms with Gasteiger partial charge in [0.2, 0.25) is 5.96 Å². The third-order valence-electron chi connectivity index (χ3n) is 3.06. The lowest BCUT2D eigenvalue weighted by Gasteiger charge is -2.19. The first-order chi connectivity index (χ1) is 8.30. The fraction of sp³-hybridized carbons (Fsp3) is 0.917. The molecule has 0 bridgehead atoms. The van der Waals surface area contributed by atoms with Crippen LogP contribution in [-0.2, 0) is 4.74 Å². The minimum Gasteiger partial charge on any atom is -0.385 e. The van der Waals surface area contributed by atoms with Crippen molar-refractivity contribution >= 4 is 5.96 Å². The molecule has 5 heteroatoms. The summed E-state index contributed by atoms with van der Waals surface area (Å²) in [7, 11) is 1.70. The molecule has 0 aliphatic heterocycles. The minimum absolute atomic E-state index is 0.486. The Bertz CT molecular complexity index is 229. The van der Waals surface area contributed by atoms with Crippen LogP contribution in [0.15, 0.2) is 4.99 Å². The maximum Gasteiger partial charge on any atom is 0.205 e. The number of nitrogens with zero attached hydrogens (tertiary/aromatic N) is 1. The summed E-state index contributed by atoms with van der Waals surface area (Å²) in [6, 6.07) is 0.486. The summed E-state index contributed by atoms with van der Waals surface area (Å²) in [5.41, 5.74) is 2.64. The molecule has 0 saturated heterocycles. The third-order valence-corrected chi connectivity index (χ3v) is 3.06. The average molecular weight is 242 g/mol. The Balaban J connectivity index is 2.26. The Labute approximate surface area is 104 Å². The molecule has 1 unspecified atom stereocenters. The van der Waals surface area contributed by atoms with Gasteiger partial charge in [0.15, 0.2) is 0 Å². The van der Waals surface area contributed by atoms with Crippen LogP contribution in [0, 0.1) is 5.92 Å². The summed E-state index contributed by atoms with van der Waals surface area (Å²) in [5.74, 6) is 7.08. The minimum atomic E-state index is 0.486. The molecule has 0 aromatic carbocycles. The van der Waals surface area contributed by atoms with Crippen LogP contribution in [0.4, 0.5) is 0 Å². The van der Waals surface area contributed by atoms with E-state index in [1.807, 2.05) is 0 Å². The summed E-state index contributed by atoms with van der Waals surface area (Å²) in [5, 5.41) is 3.37. The fourth-order valence-electron chi connectivity index (χ4n) is 1.81. The maximum absolute atomic E-state index is 5.46. The van der Waals surface area contributed by atoms with Gasteiger partial charge in [-0.1, -0.05) is 19.8 Å². The normalized spacial score (nSPS) is 17.9. The quantitative estimate of drug-likeness (QED) is 0.195. The average Bonchev–Trinajstić information content (AvgIpc) is 3.15. The van der Waals surface area contributed by atoms with Crippen LogP contribution < -0.4 is 16.6 Å². The first-order valence-electron chi connectivity index (χ1n) is 6.56. The number of hydrogen-bond donors (Lipinski definition) is 3. The molecule has 1 aliphatic rings. The van der Waals surface area contributed by atoms with E-state index in [1.54, 1.807) is 7.11 Å². The van der Waals surface area contributed by atoms with Crippen LogP contribution in [-0.4, -0.2) is 32.3 Å². The molecule has 0 radical (unpaired) electrons. The molecule has 4 N–H and O–H groups in total. The first-order valence-corrected chi connectivity index (χ1v) is 6.56. The molecule has 1 saturated carbocycles. The largest absolute Gasteiger partial charge is 0.385 e. The molecule has 1 fully saturated rings. The van der Waals surface area contributed by atoms with E-state index in [9.17, 15) is 0 Å². The van der Waals surface area contributed by atoms with E-state index >= 15 is 0 Å². The maximum atomic E-state index is 5.46. The third kappa shape index (κ3) is 6.48. The second kappa shape index (κ2) is 8.31. The van der Waals surface area contributed by atoms with Gasteiger partial charge in [-0.05, 0) is 25.2 Å². The van der Waals surface area contributed by atoms with E-state index in [4.69, 9.17) is 10.6 Å². The lowest BCUT2D eigenvalue weighted by atomic mass is 10.1. The molecule has 0 amide bonds. The van der Waals surface area contributed by atoms with E-state index in [0.717, 1.165) is 31.9 Å². The smallest absolute Gasteiger partial charge is 0.205 e. The number of hydrazine groups is 1. The molecule has 0 spiro atoms. The number of guanidine groups is 1. The highest BCUT2D eigenvalue weighted by Crippen LogP contribution is 2.33. The highest BCUT2D eigenvalue weighted by atomic mass is 16.5. The van der Waals surface area contributed by atoms with Gasteiger partial charge in [-0.15, -0.1) is 0 Å². The van der Waals surface area contributed by atoms with Gasteiger partial charge in [-0.3, -0.25) is 10.4 Å². The number of aliphatic imine (C=N–C) groups is 1. The van der Waals surface area contributed by atoms with Gasteiger partial charge < -0.3 is 10.1 Å². The van der Waals surface area contributed by atoms with Gasteiger partial charge in [-0.2, -0.15) is 0 Å². The Morgan fingerprint density at radius 2 is 2.29 bits per heavy atom. The van der Waals surface area contributed by atoms with Crippen LogP contribution in [0.25, 0.3) is 0 Å². The molecule has 0 aromatic rings. The van der Waals surface area contributed by atoms with Crippen LogP contribution >= 0.6 is 0 Å². The zero-order chi connectivity index (χ0) is 12.5. The van der Waals surface area contributed by atoms with E-state index in [-0.39, 0.29) is 0 Å². The van der Waals surface area contributed by atoms with Crippen molar-refractivity contribution in [2.45, 2.75) is 45.1 Å².